The second-order valence-electron chi connectivity index (χ2n) is 4.09. The molecule has 0 saturated carbocycles. The van der Waals surface area contributed by atoms with E-state index in [1.165, 1.54) is 19.4 Å². The molecule has 2 rings (SSSR count). The van der Waals surface area contributed by atoms with E-state index in [9.17, 15) is 8.42 Å². The number of aryl methyl sites for hydroxylation is 1. The fourth-order valence-electron chi connectivity index (χ4n) is 1.66. The molecule has 1 heterocycles. The van der Waals surface area contributed by atoms with Crippen LogP contribution in [0.2, 0.25) is 0 Å². The number of rotatable bonds is 4. The average molecular weight is 357 g/mol. The number of anilines is 1. The number of hydrogen-bond acceptors (Lipinski definition) is 4. The van der Waals surface area contributed by atoms with Gasteiger partial charge >= 0.3 is 0 Å². The zero-order valence-corrected chi connectivity index (χ0v) is 13.3. The molecule has 1 aromatic heterocycles. The van der Waals surface area contributed by atoms with Gasteiger partial charge in [-0.1, -0.05) is 12.1 Å². The number of nitrogens with zero attached hydrogens (tertiary/aromatic N) is 1. The Morgan fingerprint density at radius 3 is 2.65 bits per heavy atom. The van der Waals surface area contributed by atoms with Crippen LogP contribution in [0.4, 0.5) is 5.69 Å². The Morgan fingerprint density at radius 2 is 2.00 bits per heavy atom. The molecular weight excluding hydrogens is 344 g/mol. The molecule has 0 aliphatic rings. The number of benzene rings is 1. The van der Waals surface area contributed by atoms with E-state index in [2.05, 4.69) is 25.6 Å². The average Bonchev–Trinajstić information content (AvgIpc) is 2.42. The number of ether oxygens (including phenoxy) is 1. The second kappa shape index (κ2) is 5.80. The summed E-state index contributed by atoms with van der Waals surface area (Å²) in [4.78, 5) is 4.14. The fraction of sp³-hybridized carbons (Fsp3) is 0.154. The van der Waals surface area contributed by atoms with Crippen molar-refractivity contribution in [3.63, 3.8) is 0 Å². The lowest BCUT2D eigenvalue weighted by Crippen LogP contribution is -2.14. The summed E-state index contributed by atoms with van der Waals surface area (Å²) >= 11 is 3.27. The summed E-state index contributed by atoms with van der Waals surface area (Å²) in [6.45, 7) is 1.83. The lowest BCUT2D eigenvalue weighted by atomic mass is 10.3. The first-order valence-electron chi connectivity index (χ1n) is 5.72. The zero-order valence-electron chi connectivity index (χ0n) is 10.9. The Balaban J connectivity index is 2.38. The third-order valence-electron chi connectivity index (χ3n) is 2.63. The number of methoxy groups -OCH3 is 1. The van der Waals surface area contributed by atoms with Crippen LogP contribution in [0.5, 0.6) is 5.75 Å². The Labute approximate surface area is 126 Å². The molecule has 0 bridgehead atoms. The van der Waals surface area contributed by atoms with Gasteiger partial charge in [0.2, 0.25) is 0 Å². The molecule has 5 nitrogen and oxygen atoms in total. The Morgan fingerprint density at radius 1 is 1.30 bits per heavy atom. The summed E-state index contributed by atoms with van der Waals surface area (Å²) in [6.07, 6.45) is 1.45. The number of nitrogens with one attached hydrogen (secondary N) is 1. The number of halogens is 1. The predicted octanol–water partition coefficient (Wildman–Crippen LogP) is 2.96. The van der Waals surface area contributed by atoms with Gasteiger partial charge in [-0.25, -0.2) is 13.4 Å². The first-order chi connectivity index (χ1) is 9.44. The van der Waals surface area contributed by atoms with Gasteiger partial charge in [0.05, 0.1) is 19.0 Å². The Hall–Kier alpha value is -1.60. The van der Waals surface area contributed by atoms with Crippen LogP contribution >= 0.6 is 15.9 Å². The molecule has 0 unspecified atom stereocenters. The van der Waals surface area contributed by atoms with Gasteiger partial charge in [-0.05, 0) is 46.6 Å². The molecule has 0 amide bonds. The highest BCUT2D eigenvalue weighted by atomic mass is 79.9. The number of sulfonamides is 1. The summed E-state index contributed by atoms with van der Waals surface area (Å²) in [5, 5.41) is 0. The summed E-state index contributed by atoms with van der Waals surface area (Å²) in [5.41, 5.74) is 1.24. The molecule has 1 N–H and O–H groups in total. The molecule has 2 aromatic rings. The van der Waals surface area contributed by atoms with Gasteiger partial charge in [0.15, 0.2) is 0 Å². The van der Waals surface area contributed by atoms with Crippen molar-refractivity contribution >= 4 is 31.6 Å². The molecule has 0 aliphatic carbocycles. The van der Waals surface area contributed by atoms with Crippen LogP contribution in [-0.2, 0) is 10.0 Å². The van der Waals surface area contributed by atoms with Gasteiger partial charge in [-0.2, -0.15) is 0 Å². The van der Waals surface area contributed by atoms with Crippen molar-refractivity contribution in [1.82, 2.24) is 4.98 Å². The molecule has 106 valence electrons. The normalized spacial score (nSPS) is 11.2. The van der Waals surface area contributed by atoms with Crippen LogP contribution < -0.4 is 9.46 Å². The highest BCUT2D eigenvalue weighted by molar-refractivity contribution is 9.10. The SMILES string of the molecule is COc1ccccc1S(=O)(=O)Nc1cnc(Br)c(C)c1. The summed E-state index contributed by atoms with van der Waals surface area (Å²) in [7, 11) is -2.29. The van der Waals surface area contributed by atoms with Crippen LogP contribution in [0.1, 0.15) is 5.56 Å². The van der Waals surface area contributed by atoms with Crippen molar-refractivity contribution in [1.29, 1.82) is 0 Å². The number of pyridine rings is 1. The van der Waals surface area contributed by atoms with E-state index in [4.69, 9.17) is 4.74 Å². The maximum atomic E-state index is 12.3. The lowest BCUT2D eigenvalue weighted by Gasteiger charge is -2.11. The number of aromatic nitrogens is 1. The zero-order chi connectivity index (χ0) is 14.8. The molecule has 20 heavy (non-hydrogen) atoms. The van der Waals surface area contributed by atoms with Gasteiger partial charge in [0.25, 0.3) is 10.0 Å². The first kappa shape index (κ1) is 14.8. The van der Waals surface area contributed by atoms with Crippen molar-refractivity contribution in [3.05, 3.63) is 46.7 Å². The van der Waals surface area contributed by atoms with Gasteiger partial charge in [0.1, 0.15) is 15.2 Å². The monoisotopic (exact) mass is 356 g/mol. The Kier molecular flexibility index (Phi) is 4.29. The maximum absolute atomic E-state index is 12.3. The van der Waals surface area contributed by atoms with Crippen LogP contribution in [-0.4, -0.2) is 20.5 Å². The summed E-state index contributed by atoms with van der Waals surface area (Å²) < 4.78 is 32.9. The number of hydrogen-bond donors (Lipinski definition) is 1. The van der Waals surface area contributed by atoms with Gasteiger partial charge in [0, 0.05) is 0 Å². The van der Waals surface area contributed by atoms with Crippen LogP contribution in [0, 0.1) is 6.92 Å². The molecule has 1 aromatic carbocycles. The minimum absolute atomic E-state index is 0.0862. The van der Waals surface area contributed by atoms with Crippen LogP contribution in [0.25, 0.3) is 0 Å². The van der Waals surface area contributed by atoms with Crippen LogP contribution in [0.15, 0.2) is 46.0 Å². The highest BCUT2D eigenvalue weighted by Crippen LogP contribution is 2.26. The fourth-order valence-corrected chi connectivity index (χ4v) is 3.09. The molecule has 0 saturated heterocycles. The Bertz CT molecular complexity index is 732. The largest absolute Gasteiger partial charge is 0.495 e. The van der Waals surface area contributed by atoms with E-state index in [1.54, 1.807) is 24.3 Å². The lowest BCUT2D eigenvalue weighted by molar-refractivity contribution is 0.403. The molecule has 0 atom stereocenters. The van der Waals surface area contributed by atoms with Crippen molar-refractivity contribution in [2.24, 2.45) is 0 Å². The highest BCUT2D eigenvalue weighted by Gasteiger charge is 2.19. The first-order valence-corrected chi connectivity index (χ1v) is 7.99. The topological polar surface area (TPSA) is 68.3 Å². The van der Waals surface area contributed by atoms with E-state index >= 15 is 0 Å². The van der Waals surface area contributed by atoms with E-state index in [0.717, 1.165) is 5.56 Å². The molecule has 0 fully saturated rings. The summed E-state index contributed by atoms with van der Waals surface area (Å²) in [5.74, 6) is 0.293. The minimum atomic E-state index is -3.72. The third-order valence-corrected chi connectivity index (χ3v) is 4.88. The predicted molar refractivity (Wildman–Crippen MR) is 80.5 cm³/mol. The van der Waals surface area contributed by atoms with E-state index in [0.29, 0.717) is 16.0 Å². The molecule has 0 spiro atoms. The van der Waals surface area contributed by atoms with E-state index < -0.39 is 10.0 Å². The third kappa shape index (κ3) is 3.10. The quantitative estimate of drug-likeness (QED) is 0.855. The summed E-state index contributed by atoms with van der Waals surface area (Å²) in [6, 6.07) is 8.13. The van der Waals surface area contributed by atoms with Crippen molar-refractivity contribution < 1.29 is 13.2 Å². The van der Waals surface area contributed by atoms with Crippen molar-refractivity contribution in [2.45, 2.75) is 11.8 Å². The van der Waals surface area contributed by atoms with E-state index in [1.807, 2.05) is 6.92 Å². The number of para-hydroxylation sites is 1. The van der Waals surface area contributed by atoms with Gasteiger partial charge in [-0.15, -0.1) is 0 Å². The van der Waals surface area contributed by atoms with Gasteiger partial charge in [-0.3, -0.25) is 4.72 Å². The minimum Gasteiger partial charge on any atom is -0.495 e. The molecule has 0 aliphatic heterocycles. The molecule has 0 radical (unpaired) electrons. The van der Waals surface area contributed by atoms with Crippen molar-refractivity contribution in [2.75, 3.05) is 11.8 Å². The van der Waals surface area contributed by atoms with Gasteiger partial charge < -0.3 is 4.74 Å². The second-order valence-corrected chi connectivity index (χ2v) is 6.49. The van der Waals surface area contributed by atoms with Crippen molar-refractivity contribution in [3.8, 4) is 5.75 Å². The smallest absolute Gasteiger partial charge is 0.265 e. The standard InChI is InChI=1S/C13H13BrN2O3S/c1-9-7-10(8-15-13(9)14)16-20(17,18)12-6-4-3-5-11(12)19-2/h3-8,16H,1-2H3. The van der Waals surface area contributed by atoms with Crippen LogP contribution in [0.3, 0.4) is 0 Å². The maximum Gasteiger partial charge on any atom is 0.265 e. The molecule has 7 heteroatoms. The van der Waals surface area contributed by atoms with E-state index in [-0.39, 0.29) is 4.90 Å². The molecular formula is C13H13BrN2O3S.